The molecule has 0 amide bonds. The molecule has 2 N–H and O–H groups in total. The molecular weight excluding hydrogens is 433 g/mol. The Morgan fingerprint density at radius 3 is 2.27 bits per heavy atom. The standard InChI is InChI=1S/C24H27F3N4O2/c1-5-14-32-17-12-10-16(11-13-17)29-22-28-15-18(24(25,26)27)21(31-22)30-19-8-6-7-9-20(19)33-23(2,3)4/h6-13,15H,5,14H2,1-4H3,(H2,28,29,30,31). The average molecular weight is 461 g/mol. The molecule has 6 nitrogen and oxygen atoms in total. The number of nitrogens with one attached hydrogen (secondary N) is 2. The number of benzene rings is 2. The van der Waals surface area contributed by atoms with Gasteiger partial charge >= 0.3 is 6.18 Å². The Bertz CT molecular complexity index is 1060. The SMILES string of the molecule is CCCOc1ccc(Nc2ncc(C(F)(F)F)c(Nc3ccccc3OC(C)(C)C)n2)cc1. The third-order valence-corrected chi connectivity index (χ3v) is 4.23. The minimum Gasteiger partial charge on any atom is -0.494 e. The number of alkyl halides is 3. The van der Waals surface area contributed by atoms with Crippen LogP contribution in [0.2, 0.25) is 0 Å². The summed E-state index contributed by atoms with van der Waals surface area (Å²) in [5.41, 5.74) is -0.543. The van der Waals surface area contributed by atoms with Gasteiger partial charge in [-0.2, -0.15) is 18.2 Å². The first kappa shape index (κ1) is 24.2. The van der Waals surface area contributed by atoms with Gasteiger partial charge in [-0.3, -0.25) is 0 Å². The van der Waals surface area contributed by atoms with Gasteiger partial charge in [-0.1, -0.05) is 19.1 Å². The monoisotopic (exact) mass is 460 g/mol. The van der Waals surface area contributed by atoms with Crippen LogP contribution in [0.3, 0.4) is 0 Å². The molecule has 2 aromatic carbocycles. The lowest BCUT2D eigenvalue weighted by Crippen LogP contribution is -2.23. The highest BCUT2D eigenvalue weighted by Crippen LogP contribution is 2.37. The van der Waals surface area contributed by atoms with Gasteiger partial charge in [-0.15, -0.1) is 0 Å². The molecule has 0 fully saturated rings. The van der Waals surface area contributed by atoms with E-state index in [1.165, 1.54) is 0 Å². The van der Waals surface area contributed by atoms with E-state index in [0.717, 1.165) is 12.6 Å². The number of para-hydroxylation sites is 2. The van der Waals surface area contributed by atoms with Crippen LogP contribution in [-0.2, 0) is 6.18 Å². The lowest BCUT2D eigenvalue weighted by Gasteiger charge is -2.24. The van der Waals surface area contributed by atoms with E-state index in [4.69, 9.17) is 9.47 Å². The summed E-state index contributed by atoms with van der Waals surface area (Å²) in [5.74, 6) is 0.747. The quantitative estimate of drug-likeness (QED) is 0.379. The molecule has 33 heavy (non-hydrogen) atoms. The first-order chi connectivity index (χ1) is 15.5. The van der Waals surface area contributed by atoms with Crippen LogP contribution in [-0.4, -0.2) is 22.2 Å². The second kappa shape index (κ2) is 9.97. The summed E-state index contributed by atoms with van der Waals surface area (Å²) in [7, 11) is 0. The van der Waals surface area contributed by atoms with E-state index >= 15 is 0 Å². The number of hydrogen-bond donors (Lipinski definition) is 2. The molecular formula is C24H27F3N4O2. The summed E-state index contributed by atoms with van der Waals surface area (Å²) in [6, 6.07) is 13.8. The summed E-state index contributed by atoms with van der Waals surface area (Å²) in [6.45, 7) is 8.18. The fraction of sp³-hybridized carbons (Fsp3) is 0.333. The first-order valence-electron chi connectivity index (χ1n) is 10.5. The van der Waals surface area contributed by atoms with Crippen molar-refractivity contribution in [1.29, 1.82) is 0 Å². The van der Waals surface area contributed by atoms with Crippen LogP contribution < -0.4 is 20.1 Å². The van der Waals surface area contributed by atoms with Crippen molar-refractivity contribution in [3.05, 3.63) is 60.3 Å². The lowest BCUT2D eigenvalue weighted by molar-refractivity contribution is -0.137. The molecule has 0 radical (unpaired) electrons. The van der Waals surface area contributed by atoms with Gasteiger partial charge in [0.15, 0.2) is 0 Å². The molecule has 0 saturated carbocycles. The van der Waals surface area contributed by atoms with Crippen LogP contribution in [0.25, 0.3) is 0 Å². The highest BCUT2D eigenvalue weighted by molar-refractivity contribution is 5.67. The van der Waals surface area contributed by atoms with E-state index in [9.17, 15) is 13.2 Å². The largest absolute Gasteiger partial charge is 0.494 e. The van der Waals surface area contributed by atoms with Gasteiger partial charge in [0, 0.05) is 11.9 Å². The third kappa shape index (κ3) is 7.00. The summed E-state index contributed by atoms with van der Waals surface area (Å²) in [6.07, 6.45) is -3.00. The highest BCUT2D eigenvalue weighted by Gasteiger charge is 2.35. The van der Waals surface area contributed by atoms with Crippen molar-refractivity contribution in [2.45, 2.75) is 45.9 Å². The van der Waals surface area contributed by atoms with Crippen LogP contribution in [0, 0.1) is 0 Å². The van der Waals surface area contributed by atoms with E-state index in [-0.39, 0.29) is 11.8 Å². The van der Waals surface area contributed by atoms with E-state index in [1.54, 1.807) is 48.5 Å². The fourth-order valence-electron chi connectivity index (χ4n) is 2.84. The van der Waals surface area contributed by atoms with E-state index < -0.39 is 17.3 Å². The summed E-state index contributed by atoms with van der Waals surface area (Å²) in [4.78, 5) is 7.95. The molecule has 0 atom stereocenters. The Morgan fingerprint density at radius 1 is 0.939 bits per heavy atom. The van der Waals surface area contributed by atoms with Crippen LogP contribution in [0.5, 0.6) is 11.5 Å². The van der Waals surface area contributed by atoms with Crippen molar-refractivity contribution in [1.82, 2.24) is 9.97 Å². The summed E-state index contributed by atoms with van der Waals surface area (Å²) in [5, 5.41) is 5.70. The number of hydrogen-bond acceptors (Lipinski definition) is 6. The van der Waals surface area contributed by atoms with Crippen molar-refractivity contribution >= 4 is 23.1 Å². The maximum atomic E-state index is 13.6. The van der Waals surface area contributed by atoms with Gasteiger partial charge < -0.3 is 20.1 Å². The van der Waals surface area contributed by atoms with Gasteiger partial charge in [0.05, 0.1) is 12.3 Å². The highest BCUT2D eigenvalue weighted by atomic mass is 19.4. The third-order valence-electron chi connectivity index (χ3n) is 4.23. The molecule has 1 aromatic heterocycles. The predicted molar refractivity (Wildman–Crippen MR) is 123 cm³/mol. The normalized spacial score (nSPS) is 11.7. The molecule has 0 saturated heterocycles. The number of nitrogens with zero attached hydrogens (tertiary/aromatic N) is 2. The van der Waals surface area contributed by atoms with Crippen molar-refractivity contribution in [2.24, 2.45) is 0 Å². The maximum absolute atomic E-state index is 13.6. The van der Waals surface area contributed by atoms with Gasteiger partial charge in [0.1, 0.15) is 28.5 Å². The van der Waals surface area contributed by atoms with Gasteiger partial charge in [0.25, 0.3) is 0 Å². The van der Waals surface area contributed by atoms with Gasteiger partial charge in [-0.05, 0) is 63.6 Å². The molecule has 0 aliphatic rings. The molecule has 9 heteroatoms. The van der Waals surface area contributed by atoms with Crippen molar-refractivity contribution < 1.29 is 22.6 Å². The molecule has 3 rings (SSSR count). The van der Waals surface area contributed by atoms with Crippen LogP contribution in [0.15, 0.2) is 54.7 Å². The molecule has 0 aliphatic carbocycles. The maximum Gasteiger partial charge on any atom is 0.421 e. The first-order valence-corrected chi connectivity index (χ1v) is 10.5. The van der Waals surface area contributed by atoms with Gasteiger partial charge in [0.2, 0.25) is 5.95 Å². The van der Waals surface area contributed by atoms with E-state index in [0.29, 0.717) is 29.5 Å². The Balaban J connectivity index is 1.89. The second-order valence-electron chi connectivity index (χ2n) is 8.29. The number of halogens is 3. The van der Waals surface area contributed by atoms with Crippen molar-refractivity contribution in [2.75, 3.05) is 17.2 Å². The van der Waals surface area contributed by atoms with Crippen molar-refractivity contribution in [3.8, 4) is 11.5 Å². The second-order valence-corrected chi connectivity index (χ2v) is 8.29. The zero-order chi connectivity index (χ0) is 24.1. The molecule has 1 heterocycles. The molecule has 0 aliphatic heterocycles. The lowest BCUT2D eigenvalue weighted by atomic mass is 10.2. The zero-order valence-corrected chi connectivity index (χ0v) is 19.0. The Morgan fingerprint density at radius 2 is 1.64 bits per heavy atom. The molecule has 176 valence electrons. The molecule has 0 spiro atoms. The Hall–Kier alpha value is -3.49. The van der Waals surface area contributed by atoms with Crippen LogP contribution >= 0.6 is 0 Å². The number of ether oxygens (including phenoxy) is 2. The summed E-state index contributed by atoms with van der Waals surface area (Å²) < 4.78 is 52.3. The van der Waals surface area contributed by atoms with E-state index in [2.05, 4.69) is 20.6 Å². The minimum absolute atomic E-state index is 0.0157. The zero-order valence-electron chi connectivity index (χ0n) is 19.0. The van der Waals surface area contributed by atoms with E-state index in [1.807, 2.05) is 27.7 Å². The van der Waals surface area contributed by atoms with Crippen LogP contribution in [0.4, 0.5) is 36.3 Å². The smallest absolute Gasteiger partial charge is 0.421 e. The molecule has 0 unspecified atom stereocenters. The minimum atomic E-state index is -4.64. The van der Waals surface area contributed by atoms with Crippen molar-refractivity contribution in [3.63, 3.8) is 0 Å². The van der Waals surface area contributed by atoms with Crippen LogP contribution in [0.1, 0.15) is 39.7 Å². The van der Waals surface area contributed by atoms with Gasteiger partial charge in [-0.25, -0.2) is 4.98 Å². The fourth-order valence-corrected chi connectivity index (χ4v) is 2.84. The predicted octanol–water partition coefficient (Wildman–Crippen LogP) is 6.95. The average Bonchev–Trinajstić information content (AvgIpc) is 2.73. The Labute approximate surface area is 191 Å². The molecule has 3 aromatic rings. The Kier molecular flexibility index (Phi) is 7.30. The molecule has 0 bridgehead atoms. The topological polar surface area (TPSA) is 68.3 Å². The summed E-state index contributed by atoms with van der Waals surface area (Å²) >= 11 is 0. The number of rotatable bonds is 8. The number of aromatic nitrogens is 2. The number of anilines is 4.